The number of sulfonamides is 1. The van der Waals surface area contributed by atoms with Gasteiger partial charge in [-0.3, -0.25) is 4.79 Å². The number of carbonyl (C=O) groups excluding carboxylic acids is 1. The number of carboxylic acid groups (broad SMARTS) is 1. The monoisotopic (exact) mass is 506 g/mol. The van der Waals surface area contributed by atoms with Gasteiger partial charge in [0.05, 0.1) is 4.90 Å². The van der Waals surface area contributed by atoms with Crippen LogP contribution in [0.2, 0.25) is 0 Å². The number of aliphatic carboxylic acids is 1. The van der Waals surface area contributed by atoms with E-state index in [1.54, 1.807) is 24.3 Å². The SMILES string of the molecule is CC(C)(C)Oc1ccc(CC(NC(=O)[C@]2(C)CCCN2S(=O)(=O)c2cccc(F)c2)C(=O)O)cc1. The first kappa shape index (κ1) is 26.6. The molecule has 1 heterocycles. The van der Waals surface area contributed by atoms with Crippen LogP contribution in [0.15, 0.2) is 53.4 Å². The highest BCUT2D eigenvalue weighted by molar-refractivity contribution is 7.89. The van der Waals surface area contributed by atoms with Crippen LogP contribution in [-0.2, 0) is 26.0 Å². The maximum atomic E-state index is 13.7. The number of benzene rings is 2. The highest BCUT2D eigenvalue weighted by Crippen LogP contribution is 2.35. The minimum absolute atomic E-state index is 0.00357. The molecule has 8 nitrogen and oxygen atoms in total. The number of rotatable bonds is 8. The Balaban J connectivity index is 1.78. The van der Waals surface area contributed by atoms with Crippen LogP contribution >= 0.6 is 0 Å². The van der Waals surface area contributed by atoms with Gasteiger partial charge in [-0.2, -0.15) is 4.31 Å². The molecule has 1 saturated heterocycles. The van der Waals surface area contributed by atoms with Crippen LogP contribution < -0.4 is 10.1 Å². The molecule has 2 N–H and O–H groups in total. The van der Waals surface area contributed by atoms with Crippen LogP contribution in [-0.4, -0.2) is 53.4 Å². The Kier molecular flexibility index (Phi) is 7.56. The average Bonchev–Trinajstić information content (AvgIpc) is 3.17. The zero-order chi connectivity index (χ0) is 26.0. The first-order valence-corrected chi connectivity index (χ1v) is 12.8. The van der Waals surface area contributed by atoms with Crippen LogP contribution in [0.3, 0.4) is 0 Å². The van der Waals surface area contributed by atoms with Crippen molar-refractivity contribution in [3.63, 3.8) is 0 Å². The Morgan fingerprint density at radius 3 is 2.43 bits per heavy atom. The van der Waals surface area contributed by atoms with Gasteiger partial charge in [0.1, 0.15) is 28.7 Å². The maximum absolute atomic E-state index is 13.7. The lowest BCUT2D eigenvalue weighted by atomic mass is 9.97. The Morgan fingerprint density at radius 2 is 1.86 bits per heavy atom. The standard InChI is InChI=1S/C25H31FN2O6S/c1-24(2,3)34-19-11-9-17(10-12-19)15-21(22(29)30)27-23(31)25(4)13-6-14-28(25)35(32,33)20-8-5-7-18(26)16-20/h5,7-12,16,21H,6,13-15H2,1-4H3,(H,27,31)(H,29,30)/t21?,25-/m0/s1. The second-order valence-corrected chi connectivity index (χ2v) is 11.7. The van der Waals surface area contributed by atoms with E-state index in [-0.39, 0.29) is 29.9 Å². The minimum Gasteiger partial charge on any atom is -0.488 e. The van der Waals surface area contributed by atoms with Crippen LogP contribution in [0.5, 0.6) is 5.75 Å². The van der Waals surface area contributed by atoms with E-state index in [1.807, 2.05) is 20.8 Å². The van der Waals surface area contributed by atoms with Crippen molar-refractivity contribution >= 4 is 21.9 Å². The van der Waals surface area contributed by atoms with E-state index in [0.29, 0.717) is 17.7 Å². The molecular weight excluding hydrogens is 475 g/mol. The van der Waals surface area contributed by atoms with Gasteiger partial charge in [-0.25, -0.2) is 17.6 Å². The zero-order valence-corrected chi connectivity index (χ0v) is 21.1. The molecule has 1 fully saturated rings. The lowest BCUT2D eigenvalue weighted by Gasteiger charge is -2.34. The molecule has 2 aromatic carbocycles. The third-order valence-corrected chi connectivity index (χ3v) is 7.85. The summed E-state index contributed by atoms with van der Waals surface area (Å²) in [7, 11) is -4.18. The van der Waals surface area contributed by atoms with E-state index in [0.717, 1.165) is 16.4 Å². The number of nitrogens with zero attached hydrogens (tertiary/aromatic N) is 1. The van der Waals surface area contributed by atoms with E-state index in [4.69, 9.17) is 4.74 Å². The first-order valence-electron chi connectivity index (χ1n) is 11.3. The van der Waals surface area contributed by atoms with Gasteiger partial charge in [-0.05, 0) is 76.4 Å². The molecule has 0 radical (unpaired) electrons. The number of hydrogen-bond acceptors (Lipinski definition) is 5. The summed E-state index contributed by atoms with van der Waals surface area (Å²) in [5.41, 5.74) is -1.23. The highest BCUT2D eigenvalue weighted by atomic mass is 32.2. The van der Waals surface area contributed by atoms with Gasteiger partial charge in [0.15, 0.2) is 0 Å². The second-order valence-electron chi connectivity index (χ2n) is 9.84. The zero-order valence-electron chi connectivity index (χ0n) is 20.2. The summed E-state index contributed by atoms with van der Waals surface area (Å²) in [6.45, 7) is 7.27. The quantitative estimate of drug-likeness (QED) is 0.568. The first-order chi connectivity index (χ1) is 16.2. The molecule has 0 aliphatic carbocycles. The predicted octanol–water partition coefficient (Wildman–Crippen LogP) is 3.36. The van der Waals surface area contributed by atoms with E-state index in [1.165, 1.54) is 19.1 Å². The summed E-state index contributed by atoms with van der Waals surface area (Å²) < 4.78 is 46.9. The molecule has 10 heteroatoms. The normalized spacial score (nSPS) is 19.8. The Morgan fingerprint density at radius 1 is 1.20 bits per heavy atom. The van der Waals surface area contributed by atoms with E-state index in [2.05, 4.69) is 5.32 Å². The molecule has 1 unspecified atom stereocenters. The van der Waals surface area contributed by atoms with Gasteiger partial charge in [-0.15, -0.1) is 0 Å². The third kappa shape index (κ3) is 6.18. The summed E-state index contributed by atoms with van der Waals surface area (Å²) in [4.78, 5) is 24.9. The molecule has 2 atom stereocenters. The third-order valence-electron chi connectivity index (χ3n) is 5.84. The summed E-state index contributed by atoms with van der Waals surface area (Å²) in [6.07, 6.45) is 0.619. The van der Waals surface area contributed by atoms with Crippen LogP contribution in [0, 0.1) is 5.82 Å². The topological polar surface area (TPSA) is 113 Å². The molecule has 3 rings (SSSR count). The van der Waals surface area contributed by atoms with Gasteiger partial charge >= 0.3 is 5.97 Å². The summed E-state index contributed by atoms with van der Waals surface area (Å²) in [6, 6.07) is 10.2. The number of halogens is 1. The lowest BCUT2D eigenvalue weighted by molar-refractivity contribution is -0.143. The number of amides is 1. The number of hydrogen-bond donors (Lipinski definition) is 2. The van der Waals surface area contributed by atoms with Crippen molar-refractivity contribution in [2.75, 3.05) is 6.54 Å². The summed E-state index contributed by atoms with van der Waals surface area (Å²) in [5.74, 6) is -2.03. The summed E-state index contributed by atoms with van der Waals surface area (Å²) >= 11 is 0. The Hall–Kier alpha value is -2.98. The molecule has 1 aliphatic heterocycles. The summed E-state index contributed by atoms with van der Waals surface area (Å²) in [5, 5.41) is 12.3. The van der Waals surface area contributed by atoms with Crippen molar-refractivity contribution in [1.29, 1.82) is 0 Å². The van der Waals surface area contributed by atoms with Gasteiger partial charge in [-0.1, -0.05) is 18.2 Å². The molecule has 1 amide bonds. The fraction of sp³-hybridized carbons (Fsp3) is 0.440. The smallest absolute Gasteiger partial charge is 0.326 e. The number of nitrogens with one attached hydrogen (secondary N) is 1. The molecule has 0 saturated carbocycles. The molecule has 0 spiro atoms. The molecular formula is C25H31FN2O6S. The largest absolute Gasteiger partial charge is 0.488 e. The molecule has 1 aliphatic rings. The van der Waals surface area contributed by atoms with Crippen molar-refractivity contribution in [3.05, 3.63) is 59.9 Å². The molecule has 190 valence electrons. The van der Waals surface area contributed by atoms with E-state index >= 15 is 0 Å². The van der Waals surface area contributed by atoms with Crippen LogP contribution in [0.4, 0.5) is 4.39 Å². The number of ether oxygens (including phenoxy) is 1. The van der Waals surface area contributed by atoms with Crippen molar-refractivity contribution < 1.29 is 32.2 Å². The fourth-order valence-corrected chi connectivity index (χ4v) is 5.94. The molecule has 2 aromatic rings. The van der Waals surface area contributed by atoms with Crippen LogP contribution in [0.25, 0.3) is 0 Å². The van der Waals surface area contributed by atoms with Gasteiger partial charge < -0.3 is 15.2 Å². The van der Waals surface area contributed by atoms with Crippen molar-refractivity contribution in [1.82, 2.24) is 9.62 Å². The number of carbonyl (C=O) groups is 2. The predicted molar refractivity (Wildman–Crippen MR) is 128 cm³/mol. The van der Waals surface area contributed by atoms with Crippen LogP contribution in [0.1, 0.15) is 46.1 Å². The van der Waals surface area contributed by atoms with Gasteiger partial charge in [0.2, 0.25) is 15.9 Å². The maximum Gasteiger partial charge on any atom is 0.326 e. The molecule has 0 bridgehead atoms. The Bertz CT molecular complexity index is 1190. The second kappa shape index (κ2) is 9.94. The average molecular weight is 507 g/mol. The van der Waals surface area contributed by atoms with E-state index in [9.17, 15) is 27.5 Å². The van der Waals surface area contributed by atoms with Crippen molar-refractivity contribution in [2.24, 2.45) is 0 Å². The highest BCUT2D eigenvalue weighted by Gasteiger charge is 2.50. The molecule has 35 heavy (non-hydrogen) atoms. The van der Waals surface area contributed by atoms with Crippen molar-refractivity contribution in [2.45, 2.75) is 69.0 Å². The lowest BCUT2D eigenvalue weighted by Crippen LogP contribution is -2.58. The van der Waals surface area contributed by atoms with Gasteiger partial charge in [0, 0.05) is 13.0 Å². The van der Waals surface area contributed by atoms with E-state index < -0.39 is 39.3 Å². The van der Waals surface area contributed by atoms with Gasteiger partial charge in [0.25, 0.3) is 0 Å². The van der Waals surface area contributed by atoms with Crippen molar-refractivity contribution in [3.8, 4) is 5.75 Å². The fourth-order valence-electron chi connectivity index (χ4n) is 4.10. The minimum atomic E-state index is -4.18. The number of carboxylic acids is 1. The molecule has 0 aromatic heterocycles. The Labute approximate surface area is 205 Å².